The number of thiol groups is 1. The summed E-state index contributed by atoms with van der Waals surface area (Å²) in [6.45, 7) is 2.58. The zero-order valence-corrected chi connectivity index (χ0v) is 17.8. The molecule has 0 bridgehead atoms. The van der Waals surface area contributed by atoms with Gasteiger partial charge in [0.05, 0.1) is 41.3 Å². The number of fused-ring (bicyclic) bond motifs is 1. The Balaban J connectivity index is 1.65. The monoisotopic (exact) mass is 459 g/mol. The number of hydrogen-bond donors (Lipinski definition) is 3. The second-order valence-corrected chi connectivity index (χ2v) is 8.59. The van der Waals surface area contributed by atoms with Gasteiger partial charge in [0.15, 0.2) is 5.52 Å². The van der Waals surface area contributed by atoms with Crippen molar-refractivity contribution in [2.24, 2.45) is 0 Å². The van der Waals surface area contributed by atoms with Crippen LogP contribution in [0.1, 0.15) is 12.5 Å². The molecule has 12 heteroatoms. The zero-order valence-electron chi connectivity index (χ0n) is 15.4. The van der Waals surface area contributed by atoms with Crippen molar-refractivity contribution in [1.82, 2.24) is 19.7 Å². The van der Waals surface area contributed by atoms with Gasteiger partial charge in [-0.05, 0) is 24.6 Å². The van der Waals surface area contributed by atoms with Crippen molar-refractivity contribution in [2.45, 2.75) is 25.3 Å². The molecule has 1 atom stereocenters. The highest BCUT2D eigenvalue weighted by Crippen LogP contribution is 2.22. The molecule has 29 heavy (non-hydrogen) atoms. The number of anilines is 1. The van der Waals surface area contributed by atoms with Crippen LogP contribution >= 0.6 is 23.2 Å². The van der Waals surface area contributed by atoms with Gasteiger partial charge in [0.2, 0.25) is 5.95 Å². The Hall–Kier alpha value is -2.14. The average Bonchev–Trinajstić information content (AvgIpc) is 3.09. The predicted octanol–water partition coefficient (Wildman–Crippen LogP) is 2.05. The van der Waals surface area contributed by atoms with E-state index in [0.29, 0.717) is 40.1 Å². The molecule has 3 rings (SSSR count). The molecule has 1 aromatic carbocycles. The molecule has 2 aromatic heterocycles. The van der Waals surface area contributed by atoms with Crippen LogP contribution in [-0.4, -0.2) is 46.6 Å². The van der Waals surface area contributed by atoms with Gasteiger partial charge in [-0.3, -0.25) is 14.5 Å². The van der Waals surface area contributed by atoms with Crippen molar-refractivity contribution in [3.63, 3.8) is 0 Å². The summed E-state index contributed by atoms with van der Waals surface area (Å²) in [7, 11) is -2.52. The summed E-state index contributed by atoms with van der Waals surface area (Å²) in [4.78, 5) is 19.5. The minimum absolute atomic E-state index is 0.0926. The number of hydrogen-bond acceptors (Lipinski definition) is 7. The fraction of sp³-hybridized carbons (Fsp3) is 0.353. The maximum Gasteiger partial charge on any atom is 0.278 e. The number of aromatic nitrogens is 4. The van der Waals surface area contributed by atoms with Crippen LogP contribution in [0.25, 0.3) is 11.0 Å². The highest BCUT2D eigenvalue weighted by atomic mass is 35.5. The number of H-pyrrole nitrogens is 1. The van der Waals surface area contributed by atoms with Gasteiger partial charge in [-0.15, -0.1) is 0 Å². The summed E-state index contributed by atoms with van der Waals surface area (Å²) in [6.07, 6.45) is 1.49. The minimum Gasteiger partial charge on any atom is -0.378 e. The molecule has 1 unspecified atom stereocenters. The first-order valence-electron chi connectivity index (χ1n) is 8.70. The average molecular weight is 460 g/mol. The lowest BCUT2D eigenvalue weighted by molar-refractivity contribution is 0.127. The van der Waals surface area contributed by atoms with Gasteiger partial charge < -0.3 is 10.1 Å². The molecule has 0 radical (unpaired) electrons. The third-order valence-electron chi connectivity index (χ3n) is 4.11. The molecule has 0 aliphatic rings. The Kier molecular flexibility index (Phi) is 7.12. The van der Waals surface area contributed by atoms with Crippen molar-refractivity contribution >= 4 is 50.9 Å². The van der Waals surface area contributed by atoms with E-state index >= 15 is 0 Å². The van der Waals surface area contributed by atoms with Gasteiger partial charge >= 0.3 is 0 Å². The Morgan fingerprint density at radius 2 is 2.10 bits per heavy atom. The van der Waals surface area contributed by atoms with E-state index in [1.54, 1.807) is 19.1 Å². The van der Waals surface area contributed by atoms with Gasteiger partial charge in [0, 0.05) is 6.54 Å². The largest absolute Gasteiger partial charge is 0.378 e. The molecule has 0 spiro atoms. The summed E-state index contributed by atoms with van der Waals surface area (Å²) < 4.78 is 28.4. The maximum atomic E-state index is 12.5. The van der Waals surface area contributed by atoms with E-state index in [0.717, 1.165) is 5.56 Å². The fourth-order valence-corrected chi connectivity index (χ4v) is 3.11. The summed E-state index contributed by atoms with van der Waals surface area (Å²) in [5.74, 6) is 0.303. The first kappa shape index (κ1) is 21.6. The molecular weight excluding hydrogens is 441 g/mol. The maximum absolute atomic E-state index is 12.5. The van der Waals surface area contributed by atoms with Gasteiger partial charge in [-0.1, -0.05) is 29.3 Å². The molecule has 2 heterocycles. The van der Waals surface area contributed by atoms with Crippen molar-refractivity contribution in [3.05, 3.63) is 50.4 Å². The number of ether oxygens (including phenoxy) is 1. The smallest absolute Gasteiger partial charge is 0.278 e. The number of halogens is 2. The first-order valence-corrected chi connectivity index (χ1v) is 10.7. The molecule has 0 aliphatic heterocycles. The number of nitrogens with zero attached hydrogens (tertiary/aromatic N) is 3. The van der Waals surface area contributed by atoms with E-state index in [1.807, 2.05) is 6.07 Å². The third kappa shape index (κ3) is 5.47. The number of rotatable bonds is 9. The van der Waals surface area contributed by atoms with Crippen LogP contribution in [0.5, 0.6) is 0 Å². The van der Waals surface area contributed by atoms with Gasteiger partial charge in [-0.2, -0.15) is 5.10 Å². The van der Waals surface area contributed by atoms with E-state index in [-0.39, 0.29) is 18.8 Å². The van der Waals surface area contributed by atoms with E-state index in [9.17, 15) is 13.2 Å². The van der Waals surface area contributed by atoms with Crippen molar-refractivity contribution < 1.29 is 13.2 Å². The van der Waals surface area contributed by atoms with E-state index in [1.165, 1.54) is 10.9 Å². The SMILES string of the molecule is CC(COCCn1ncc2nc(NCc3ccc(Cl)c(Cl)c3)[nH]c(=O)c21)[SH](=O)=O. The van der Waals surface area contributed by atoms with Gasteiger partial charge in [0.25, 0.3) is 5.56 Å². The second-order valence-electron chi connectivity index (χ2n) is 6.33. The fourth-order valence-electron chi connectivity index (χ4n) is 2.56. The van der Waals surface area contributed by atoms with Crippen LogP contribution in [0.3, 0.4) is 0 Å². The van der Waals surface area contributed by atoms with Crippen LogP contribution in [0.15, 0.2) is 29.2 Å². The van der Waals surface area contributed by atoms with Crippen LogP contribution in [-0.2, 0) is 28.5 Å². The Morgan fingerprint density at radius 1 is 1.31 bits per heavy atom. The van der Waals surface area contributed by atoms with Crippen molar-refractivity contribution in [1.29, 1.82) is 0 Å². The molecule has 0 saturated heterocycles. The Labute approximate surface area is 177 Å². The normalized spacial score (nSPS) is 12.6. The second kappa shape index (κ2) is 9.57. The van der Waals surface area contributed by atoms with Crippen LogP contribution in [0.4, 0.5) is 5.95 Å². The van der Waals surface area contributed by atoms with Gasteiger partial charge in [-0.25, -0.2) is 13.4 Å². The molecule has 0 amide bonds. The minimum atomic E-state index is -2.52. The molecular formula is C17H19Cl2N5O4S. The van der Waals surface area contributed by atoms with Crippen LogP contribution in [0.2, 0.25) is 10.0 Å². The molecule has 156 valence electrons. The first-order chi connectivity index (χ1) is 13.8. The number of nitrogens with one attached hydrogen (secondary N) is 2. The zero-order chi connectivity index (χ0) is 21.0. The highest BCUT2D eigenvalue weighted by Gasteiger charge is 2.11. The molecule has 0 aliphatic carbocycles. The lowest BCUT2D eigenvalue weighted by Gasteiger charge is -2.08. The lowest BCUT2D eigenvalue weighted by Crippen LogP contribution is -2.19. The molecule has 2 N–H and O–H groups in total. The van der Waals surface area contributed by atoms with E-state index in [2.05, 4.69) is 20.4 Å². The summed E-state index contributed by atoms with van der Waals surface area (Å²) >= 11 is 11.9. The van der Waals surface area contributed by atoms with Crippen LogP contribution in [0, 0.1) is 0 Å². The third-order valence-corrected chi connectivity index (χ3v) is 5.72. The van der Waals surface area contributed by atoms with E-state index < -0.39 is 16.0 Å². The Morgan fingerprint density at radius 3 is 2.83 bits per heavy atom. The quantitative estimate of drug-likeness (QED) is 0.330. The molecule has 9 nitrogen and oxygen atoms in total. The summed E-state index contributed by atoms with van der Waals surface area (Å²) in [5.41, 5.74) is 1.28. The molecule has 0 fully saturated rings. The van der Waals surface area contributed by atoms with Crippen molar-refractivity contribution in [3.8, 4) is 0 Å². The topological polar surface area (TPSA) is 119 Å². The predicted molar refractivity (Wildman–Crippen MR) is 113 cm³/mol. The number of aromatic amines is 1. The highest BCUT2D eigenvalue weighted by molar-refractivity contribution is 7.73. The lowest BCUT2D eigenvalue weighted by atomic mass is 10.2. The molecule has 3 aromatic rings. The Bertz CT molecular complexity index is 1140. The number of benzene rings is 1. The molecule has 0 saturated carbocycles. The van der Waals surface area contributed by atoms with Crippen molar-refractivity contribution in [2.75, 3.05) is 18.5 Å². The van der Waals surface area contributed by atoms with Gasteiger partial charge in [0.1, 0.15) is 16.2 Å². The summed E-state index contributed by atoms with van der Waals surface area (Å²) in [5, 5.41) is 7.56. The summed E-state index contributed by atoms with van der Waals surface area (Å²) in [6, 6.07) is 5.25. The standard InChI is InChI=1S/C17H19Cl2N5O4S/c1-10(29(26)27)9-28-5-4-24-15-14(8-21-24)22-17(23-16(15)25)20-7-11-2-3-12(18)13(19)6-11/h2-3,6,8,10,29H,4-5,7,9H2,1H3,(H2,20,22,23,25). The van der Waals surface area contributed by atoms with E-state index in [4.69, 9.17) is 27.9 Å². The van der Waals surface area contributed by atoms with Crippen LogP contribution < -0.4 is 10.9 Å².